The van der Waals surface area contributed by atoms with Crippen molar-refractivity contribution >= 4 is 11.8 Å². The molecule has 1 saturated carbocycles. The Kier molecular flexibility index (Phi) is 7.75. The molecule has 0 unspecified atom stereocenters. The van der Waals surface area contributed by atoms with Gasteiger partial charge < -0.3 is 10.2 Å². The maximum atomic E-state index is 3.75. The summed E-state index contributed by atoms with van der Waals surface area (Å²) in [7, 11) is 0. The van der Waals surface area contributed by atoms with Crippen molar-refractivity contribution in [1.29, 1.82) is 0 Å². The van der Waals surface area contributed by atoms with Crippen LogP contribution in [0.5, 0.6) is 0 Å². The first-order valence-corrected chi connectivity index (χ1v) is 10.0. The van der Waals surface area contributed by atoms with E-state index in [0.717, 1.165) is 0 Å². The Hall–Kier alpha value is 0.270. The highest BCUT2D eigenvalue weighted by atomic mass is 32.2. The lowest BCUT2D eigenvalue weighted by atomic mass is 9.79. The molecule has 20 heavy (non-hydrogen) atoms. The van der Waals surface area contributed by atoms with Gasteiger partial charge in [0.15, 0.2) is 0 Å². The van der Waals surface area contributed by atoms with E-state index in [0.29, 0.717) is 5.41 Å². The van der Waals surface area contributed by atoms with Gasteiger partial charge in [-0.3, -0.25) is 0 Å². The molecule has 0 bridgehead atoms. The number of thioether (sulfide) groups is 1. The number of rotatable bonds is 6. The van der Waals surface area contributed by atoms with Gasteiger partial charge in [0, 0.05) is 25.4 Å². The lowest BCUT2D eigenvalue weighted by molar-refractivity contribution is 0.133. The molecule has 0 spiro atoms. The normalized spacial score (nSPS) is 25.1. The summed E-state index contributed by atoms with van der Waals surface area (Å²) in [5, 5.41) is 3.75. The van der Waals surface area contributed by atoms with E-state index in [2.05, 4.69) is 28.9 Å². The van der Waals surface area contributed by atoms with Crippen LogP contribution in [0.3, 0.4) is 0 Å². The Balaban J connectivity index is 1.92. The molecule has 0 amide bonds. The molecular formula is C17H34N2S. The smallest absolute Gasteiger partial charge is 0.00726 e. The van der Waals surface area contributed by atoms with Crippen LogP contribution in [0, 0.1) is 5.41 Å². The molecule has 1 N–H and O–H groups in total. The van der Waals surface area contributed by atoms with Gasteiger partial charge >= 0.3 is 0 Å². The summed E-state index contributed by atoms with van der Waals surface area (Å²) in [5.74, 6) is 2.72. The summed E-state index contributed by atoms with van der Waals surface area (Å²) in [6, 6.07) is 0. The largest absolute Gasteiger partial charge is 0.316 e. The predicted molar refractivity (Wildman–Crippen MR) is 91.7 cm³/mol. The van der Waals surface area contributed by atoms with Crippen molar-refractivity contribution in [2.24, 2.45) is 5.41 Å². The summed E-state index contributed by atoms with van der Waals surface area (Å²) in [6.45, 7) is 8.73. The van der Waals surface area contributed by atoms with Crippen LogP contribution in [-0.4, -0.2) is 49.1 Å². The van der Waals surface area contributed by atoms with Crippen molar-refractivity contribution in [1.82, 2.24) is 10.2 Å². The monoisotopic (exact) mass is 298 g/mol. The summed E-state index contributed by atoms with van der Waals surface area (Å²) < 4.78 is 0. The van der Waals surface area contributed by atoms with Crippen molar-refractivity contribution in [3.05, 3.63) is 0 Å². The third kappa shape index (κ3) is 5.57. The first-order chi connectivity index (χ1) is 9.85. The standard InChI is InChI=1S/C17H34N2S/c1-2-10-18-15-17(8-5-3-4-6-9-17)16-19-11-7-13-20-14-12-19/h18H,2-16H2,1H3. The molecule has 0 aromatic heterocycles. The quantitative estimate of drug-likeness (QED) is 0.593. The molecule has 1 aliphatic carbocycles. The number of nitrogens with zero attached hydrogens (tertiary/aromatic N) is 1. The highest BCUT2D eigenvalue weighted by molar-refractivity contribution is 7.99. The molecule has 2 aliphatic rings. The zero-order valence-electron chi connectivity index (χ0n) is 13.5. The van der Waals surface area contributed by atoms with E-state index in [1.807, 2.05) is 0 Å². The van der Waals surface area contributed by atoms with Crippen LogP contribution in [0.25, 0.3) is 0 Å². The van der Waals surface area contributed by atoms with Crippen LogP contribution >= 0.6 is 11.8 Å². The molecule has 118 valence electrons. The SMILES string of the molecule is CCCNCC1(CN2CCCSCC2)CCCCCC1. The average molecular weight is 299 g/mol. The van der Waals surface area contributed by atoms with Crippen LogP contribution < -0.4 is 5.32 Å². The Morgan fingerprint density at radius 1 is 1.00 bits per heavy atom. The van der Waals surface area contributed by atoms with Gasteiger partial charge in [-0.1, -0.05) is 32.6 Å². The van der Waals surface area contributed by atoms with E-state index in [1.54, 1.807) is 0 Å². The fourth-order valence-corrected chi connectivity index (χ4v) is 4.75. The Bertz CT molecular complexity index is 241. The third-order valence-corrected chi connectivity index (χ3v) is 6.01. The second-order valence-electron chi connectivity index (χ2n) is 6.83. The van der Waals surface area contributed by atoms with Crippen LogP contribution in [0.4, 0.5) is 0 Å². The number of nitrogens with one attached hydrogen (secondary N) is 1. The average Bonchev–Trinajstić information content (AvgIpc) is 2.83. The van der Waals surface area contributed by atoms with E-state index in [9.17, 15) is 0 Å². The maximum absolute atomic E-state index is 3.75. The number of hydrogen-bond donors (Lipinski definition) is 1. The van der Waals surface area contributed by atoms with Crippen molar-refractivity contribution < 1.29 is 0 Å². The molecule has 0 atom stereocenters. The van der Waals surface area contributed by atoms with Gasteiger partial charge in [-0.25, -0.2) is 0 Å². The molecule has 2 fully saturated rings. The Morgan fingerprint density at radius 2 is 1.80 bits per heavy atom. The number of hydrogen-bond acceptors (Lipinski definition) is 3. The third-order valence-electron chi connectivity index (χ3n) is 4.96. The highest BCUT2D eigenvalue weighted by Crippen LogP contribution is 2.35. The summed E-state index contributed by atoms with van der Waals surface area (Å²) in [6.07, 6.45) is 11.4. The first kappa shape index (κ1) is 16.6. The fourth-order valence-electron chi connectivity index (χ4n) is 3.83. The Labute approximate surface area is 130 Å². The zero-order chi connectivity index (χ0) is 14.1. The Morgan fingerprint density at radius 3 is 2.55 bits per heavy atom. The van der Waals surface area contributed by atoms with Crippen LogP contribution in [0.15, 0.2) is 0 Å². The van der Waals surface area contributed by atoms with E-state index in [-0.39, 0.29) is 0 Å². The van der Waals surface area contributed by atoms with Crippen molar-refractivity contribution in [2.75, 3.05) is 44.2 Å². The van der Waals surface area contributed by atoms with Gasteiger partial charge in [-0.2, -0.15) is 11.8 Å². The van der Waals surface area contributed by atoms with Gasteiger partial charge in [0.2, 0.25) is 0 Å². The second kappa shape index (κ2) is 9.32. The highest BCUT2D eigenvalue weighted by Gasteiger charge is 2.32. The molecule has 0 radical (unpaired) electrons. The summed E-state index contributed by atoms with van der Waals surface area (Å²) >= 11 is 2.15. The van der Waals surface area contributed by atoms with Gasteiger partial charge in [0.05, 0.1) is 0 Å². The topological polar surface area (TPSA) is 15.3 Å². The minimum Gasteiger partial charge on any atom is -0.316 e. The first-order valence-electron chi connectivity index (χ1n) is 8.85. The van der Waals surface area contributed by atoms with Gasteiger partial charge in [0.1, 0.15) is 0 Å². The van der Waals surface area contributed by atoms with E-state index in [1.165, 1.54) is 95.6 Å². The molecule has 1 heterocycles. The molecule has 2 nitrogen and oxygen atoms in total. The minimum atomic E-state index is 0.570. The molecule has 1 aliphatic heterocycles. The van der Waals surface area contributed by atoms with E-state index >= 15 is 0 Å². The van der Waals surface area contributed by atoms with Gasteiger partial charge in [-0.15, -0.1) is 0 Å². The maximum Gasteiger partial charge on any atom is 0.00726 e. The fraction of sp³-hybridized carbons (Fsp3) is 1.00. The van der Waals surface area contributed by atoms with Crippen LogP contribution in [0.2, 0.25) is 0 Å². The lowest BCUT2D eigenvalue weighted by Crippen LogP contribution is -2.45. The van der Waals surface area contributed by atoms with Crippen LogP contribution in [0.1, 0.15) is 58.3 Å². The summed E-state index contributed by atoms with van der Waals surface area (Å²) in [5.41, 5.74) is 0.570. The van der Waals surface area contributed by atoms with Gasteiger partial charge in [-0.05, 0) is 49.9 Å². The van der Waals surface area contributed by atoms with Crippen molar-refractivity contribution in [3.63, 3.8) is 0 Å². The predicted octanol–water partition coefficient (Wildman–Crippen LogP) is 3.77. The molecule has 0 aromatic carbocycles. The van der Waals surface area contributed by atoms with Crippen molar-refractivity contribution in [3.8, 4) is 0 Å². The minimum absolute atomic E-state index is 0.570. The van der Waals surface area contributed by atoms with E-state index in [4.69, 9.17) is 0 Å². The molecule has 0 aromatic rings. The second-order valence-corrected chi connectivity index (χ2v) is 8.06. The van der Waals surface area contributed by atoms with Gasteiger partial charge in [0.25, 0.3) is 0 Å². The lowest BCUT2D eigenvalue weighted by Gasteiger charge is -2.38. The molecule has 3 heteroatoms. The zero-order valence-corrected chi connectivity index (χ0v) is 14.3. The summed E-state index contributed by atoms with van der Waals surface area (Å²) in [4.78, 5) is 2.78. The molecule has 2 rings (SSSR count). The molecule has 1 saturated heterocycles. The van der Waals surface area contributed by atoms with Crippen molar-refractivity contribution in [2.45, 2.75) is 58.3 Å². The van der Waals surface area contributed by atoms with E-state index < -0.39 is 0 Å². The molecular weight excluding hydrogens is 264 g/mol. The van der Waals surface area contributed by atoms with Crippen LogP contribution in [-0.2, 0) is 0 Å².